The van der Waals surface area contributed by atoms with Crippen molar-refractivity contribution >= 4 is 38.3 Å². The molecule has 1 aliphatic rings. The highest BCUT2D eigenvalue weighted by Gasteiger charge is 2.34. The molecule has 1 N–H and O–H groups in total. The first-order chi connectivity index (χ1) is 11.6. The van der Waals surface area contributed by atoms with Crippen molar-refractivity contribution in [2.75, 3.05) is 23.3 Å². The Morgan fingerprint density at radius 1 is 1.17 bits per heavy atom. The van der Waals surface area contributed by atoms with Crippen LogP contribution in [0.1, 0.15) is 11.1 Å². The smallest absolute Gasteiger partial charge is 0.231 e. The molecule has 2 heterocycles. The molecule has 1 amide bonds. The Hall–Kier alpha value is -2.40. The predicted octanol–water partition coefficient (Wildman–Crippen LogP) is 3.99. The number of hydrogen-bond donors (Lipinski definition) is 1. The van der Waals surface area contributed by atoms with Gasteiger partial charge in [0, 0.05) is 18.8 Å². The summed E-state index contributed by atoms with van der Waals surface area (Å²) in [5.41, 5.74) is 4.33. The highest BCUT2D eigenvalue weighted by molar-refractivity contribution is 7.22. The van der Waals surface area contributed by atoms with Crippen LogP contribution in [0, 0.1) is 19.8 Å². The fourth-order valence-corrected chi connectivity index (χ4v) is 3.84. The van der Waals surface area contributed by atoms with Crippen LogP contribution in [0.25, 0.3) is 10.2 Å². The number of anilines is 2. The molecule has 5 heteroatoms. The molecule has 0 aliphatic carbocycles. The van der Waals surface area contributed by atoms with E-state index in [-0.39, 0.29) is 11.8 Å². The molecule has 1 saturated heterocycles. The van der Waals surface area contributed by atoms with E-state index >= 15 is 0 Å². The van der Waals surface area contributed by atoms with Crippen LogP contribution in [-0.2, 0) is 4.79 Å². The lowest BCUT2D eigenvalue weighted by molar-refractivity contribution is -0.120. The van der Waals surface area contributed by atoms with Gasteiger partial charge in [-0.1, -0.05) is 29.5 Å². The Labute approximate surface area is 145 Å². The first kappa shape index (κ1) is 15.1. The maximum absolute atomic E-state index is 12.4. The lowest BCUT2D eigenvalue weighted by Gasteiger charge is -2.37. The number of nitrogens with zero attached hydrogens (tertiary/aromatic N) is 2. The number of amides is 1. The molecule has 1 fully saturated rings. The summed E-state index contributed by atoms with van der Waals surface area (Å²) in [6, 6.07) is 14.2. The van der Waals surface area contributed by atoms with Gasteiger partial charge in [0.2, 0.25) is 5.91 Å². The number of aryl methyl sites for hydroxylation is 2. The van der Waals surface area contributed by atoms with Crippen molar-refractivity contribution in [3.63, 3.8) is 0 Å². The minimum atomic E-state index is 0.0265. The Balaban J connectivity index is 1.39. The summed E-state index contributed by atoms with van der Waals surface area (Å²) in [4.78, 5) is 19.2. The summed E-state index contributed by atoms with van der Waals surface area (Å²) in [5.74, 6) is 0.120. The molecule has 4 nitrogen and oxygen atoms in total. The molecule has 3 aromatic rings. The number of benzene rings is 2. The number of hydrogen-bond acceptors (Lipinski definition) is 4. The van der Waals surface area contributed by atoms with Crippen molar-refractivity contribution in [3.8, 4) is 0 Å². The van der Waals surface area contributed by atoms with E-state index in [2.05, 4.69) is 35.1 Å². The number of thiazole rings is 1. The van der Waals surface area contributed by atoms with E-state index in [1.54, 1.807) is 11.3 Å². The Kier molecular flexibility index (Phi) is 3.73. The maximum Gasteiger partial charge on any atom is 0.231 e. The van der Waals surface area contributed by atoms with Gasteiger partial charge in [0.05, 0.1) is 16.1 Å². The van der Waals surface area contributed by atoms with Crippen molar-refractivity contribution in [1.29, 1.82) is 0 Å². The molecule has 4 rings (SSSR count). The lowest BCUT2D eigenvalue weighted by atomic mass is 10.00. The normalized spacial score (nSPS) is 14.7. The third-order valence-corrected chi connectivity index (χ3v) is 5.68. The Morgan fingerprint density at radius 3 is 2.71 bits per heavy atom. The summed E-state index contributed by atoms with van der Waals surface area (Å²) in [6.45, 7) is 5.60. The minimum Gasteiger partial charge on any atom is -0.346 e. The van der Waals surface area contributed by atoms with E-state index < -0.39 is 0 Å². The van der Waals surface area contributed by atoms with Crippen LogP contribution in [-0.4, -0.2) is 24.0 Å². The fraction of sp³-hybridized carbons (Fsp3) is 0.263. The Morgan fingerprint density at radius 2 is 1.96 bits per heavy atom. The van der Waals surface area contributed by atoms with Crippen LogP contribution in [0.15, 0.2) is 42.5 Å². The number of rotatable bonds is 3. The molecular weight excluding hydrogens is 318 g/mol. The predicted molar refractivity (Wildman–Crippen MR) is 99.9 cm³/mol. The number of fused-ring (bicyclic) bond motifs is 1. The summed E-state index contributed by atoms with van der Waals surface area (Å²) in [5, 5.41) is 4.03. The van der Waals surface area contributed by atoms with Gasteiger partial charge in [0.25, 0.3) is 0 Å². The molecule has 122 valence electrons. The molecule has 1 aromatic heterocycles. The van der Waals surface area contributed by atoms with E-state index in [0.29, 0.717) is 0 Å². The molecular formula is C19H19N3OS. The molecule has 1 aliphatic heterocycles. The molecule has 0 unspecified atom stereocenters. The largest absolute Gasteiger partial charge is 0.346 e. The quantitative estimate of drug-likeness (QED) is 0.786. The molecule has 0 saturated carbocycles. The number of nitrogens with one attached hydrogen (secondary N) is 1. The van der Waals surface area contributed by atoms with Gasteiger partial charge in [0.15, 0.2) is 5.13 Å². The first-order valence-corrected chi connectivity index (χ1v) is 8.90. The van der Waals surface area contributed by atoms with Crippen LogP contribution in [0.4, 0.5) is 10.8 Å². The van der Waals surface area contributed by atoms with Crippen LogP contribution in [0.5, 0.6) is 0 Å². The average Bonchev–Trinajstić information content (AvgIpc) is 2.93. The molecule has 0 bridgehead atoms. The maximum atomic E-state index is 12.4. The monoisotopic (exact) mass is 337 g/mol. The van der Waals surface area contributed by atoms with Crippen LogP contribution >= 0.6 is 11.3 Å². The van der Waals surface area contributed by atoms with Crippen LogP contribution in [0.2, 0.25) is 0 Å². The van der Waals surface area contributed by atoms with E-state index in [9.17, 15) is 4.79 Å². The second kappa shape index (κ2) is 5.91. The van der Waals surface area contributed by atoms with Gasteiger partial charge in [-0.2, -0.15) is 0 Å². The van der Waals surface area contributed by atoms with Gasteiger partial charge in [0.1, 0.15) is 0 Å². The number of para-hydroxylation sites is 1. The SMILES string of the molecule is Cc1ccc(NC(=O)C2CN(c3nc4ccccc4s3)C2)cc1C. The zero-order valence-corrected chi connectivity index (χ0v) is 14.6. The van der Waals surface area contributed by atoms with Crippen molar-refractivity contribution in [3.05, 3.63) is 53.6 Å². The molecule has 24 heavy (non-hydrogen) atoms. The average molecular weight is 337 g/mol. The first-order valence-electron chi connectivity index (χ1n) is 8.09. The van der Waals surface area contributed by atoms with Gasteiger partial charge in [-0.25, -0.2) is 4.98 Å². The summed E-state index contributed by atoms with van der Waals surface area (Å²) >= 11 is 1.69. The van der Waals surface area contributed by atoms with E-state index in [1.165, 1.54) is 15.8 Å². The summed E-state index contributed by atoms with van der Waals surface area (Å²) in [6.07, 6.45) is 0. The van der Waals surface area contributed by atoms with Gasteiger partial charge >= 0.3 is 0 Å². The van der Waals surface area contributed by atoms with E-state index in [0.717, 1.165) is 29.4 Å². The van der Waals surface area contributed by atoms with Crippen molar-refractivity contribution < 1.29 is 4.79 Å². The Bertz CT molecular complexity index is 879. The highest BCUT2D eigenvalue weighted by Crippen LogP contribution is 2.33. The van der Waals surface area contributed by atoms with E-state index in [1.807, 2.05) is 36.4 Å². The number of aromatic nitrogens is 1. The zero-order chi connectivity index (χ0) is 16.7. The van der Waals surface area contributed by atoms with Crippen molar-refractivity contribution in [2.45, 2.75) is 13.8 Å². The second-order valence-electron chi connectivity index (χ2n) is 6.35. The van der Waals surface area contributed by atoms with Crippen molar-refractivity contribution in [1.82, 2.24) is 4.98 Å². The molecule has 0 atom stereocenters. The van der Waals surface area contributed by atoms with Gasteiger partial charge < -0.3 is 10.2 Å². The summed E-state index contributed by atoms with van der Waals surface area (Å²) in [7, 11) is 0. The van der Waals surface area contributed by atoms with E-state index in [4.69, 9.17) is 0 Å². The second-order valence-corrected chi connectivity index (χ2v) is 7.36. The molecule has 0 spiro atoms. The van der Waals surface area contributed by atoms with Crippen LogP contribution < -0.4 is 10.2 Å². The lowest BCUT2D eigenvalue weighted by Crippen LogP contribution is -2.52. The molecule has 2 aromatic carbocycles. The van der Waals surface area contributed by atoms with Crippen LogP contribution in [0.3, 0.4) is 0 Å². The third kappa shape index (κ3) is 2.76. The standard InChI is InChI=1S/C19H19N3OS/c1-12-7-8-15(9-13(12)2)20-18(23)14-10-22(11-14)19-21-16-5-3-4-6-17(16)24-19/h3-9,14H,10-11H2,1-2H3,(H,20,23). The van der Waals surface area contributed by atoms with Gasteiger partial charge in [-0.3, -0.25) is 4.79 Å². The highest BCUT2D eigenvalue weighted by atomic mass is 32.1. The third-order valence-electron chi connectivity index (χ3n) is 4.58. The number of carbonyl (C=O) groups is 1. The van der Waals surface area contributed by atoms with Crippen molar-refractivity contribution in [2.24, 2.45) is 5.92 Å². The van der Waals surface area contributed by atoms with Gasteiger partial charge in [-0.05, 0) is 49.2 Å². The zero-order valence-electron chi connectivity index (χ0n) is 13.7. The summed E-state index contributed by atoms with van der Waals surface area (Å²) < 4.78 is 1.19. The minimum absolute atomic E-state index is 0.0265. The van der Waals surface area contributed by atoms with Gasteiger partial charge in [-0.15, -0.1) is 0 Å². The number of carbonyl (C=O) groups excluding carboxylic acids is 1. The molecule has 0 radical (unpaired) electrons. The fourth-order valence-electron chi connectivity index (χ4n) is 2.86. The topological polar surface area (TPSA) is 45.2 Å².